The standard InChI is InChI=1S/C36H30N2O5/c1-36(2,22-42-3)43-35(41)38-32(28-20-16-26(17-21-28)24-12-8-5-9-13-24)30-29(34(38)40)31(37-33(30)39)27-18-14-25(15-19-27)23-10-6-4-7-11-23/h4-21H,22H2,1-3H3,(H,37,39). The van der Waals surface area contributed by atoms with E-state index in [1.54, 1.807) is 26.0 Å². The summed E-state index contributed by atoms with van der Waals surface area (Å²) in [6, 6.07) is 34.8. The highest BCUT2D eigenvalue weighted by molar-refractivity contribution is 6.33. The minimum atomic E-state index is -1.01. The topological polar surface area (TPSA) is 84.9 Å². The van der Waals surface area contributed by atoms with Crippen molar-refractivity contribution < 1.29 is 23.9 Å². The molecule has 43 heavy (non-hydrogen) atoms. The molecule has 214 valence electrons. The number of rotatable bonds is 7. The smallest absolute Gasteiger partial charge is 0.422 e. The van der Waals surface area contributed by atoms with Crippen LogP contribution in [0, 0.1) is 0 Å². The van der Waals surface area contributed by atoms with Crippen LogP contribution in [0.1, 0.15) is 25.0 Å². The lowest BCUT2D eigenvalue weighted by Crippen LogP contribution is -2.41. The van der Waals surface area contributed by atoms with Crippen LogP contribution >= 0.6 is 0 Å². The van der Waals surface area contributed by atoms with Crippen LogP contribution in [0.3, 0.4) is 0 Å². The molecule has 7 heteroatoms. The first-order valence-corrected chi connectivity index (χ1v) is 14.0. The summed E-state index contributed by atoms with van der Waals surface area (Å²) in [4.78, 5) is 42.2. The zero-order chi connectivity index (χ0) is 30.1. The predicted molar refractivity (Wildman–Crippen MR) is 165 cm³/mol. The fourth-order valence-corrected chi connectivity index (χ4v) is 5.48. The highest BCUT2D eigenvalue weighted by atomic mass is 16.6. The third-order valence-electron chi connectivity index (χ3n) is 7.43. The highest BCUT2D eigenvalue weighted by Crippen LogP contribution is 2.43. The number of nitrogens with zero attached hydrogens (tertiary/aromatic N) is 1. The number of ether oxygens (including phenoxy) is 2. The Bertz CT molecular complexity index is 1770. The van der Waals surface area contributed by atoms with Crippen molar-refractivity contribution in [3.63, 3.8) is 0 Å². The van der Waals surface area contributed by atoms with E-state index in [4.69, 9.17) is 9.47 Å². The summed E-state index contributed by atoms with van der Waals surface area (Å²) in [6.07, 6.45) is -0.879. The first-order valence-electron chi connectivity index (χ1n) is 14.0. The Labute approximate surface area is 250 Å². The van der Waals surface area contributed by atoms with Crippen molar-refractivity contribution in [2.24, 2.45) is 0 Å². The summed E-state index contributed by atoms with van der Waals surface area (Å²) in [5.41, 5.74) is 5.03. The number of fused-ring (bicyclic) bond motifs is 1. The van der Waals surface area contributed by atoms with Crippen LogP contribution in [0.4, 0.5) is 4.79 Å². The Kier molecular flexibility index (Phi) is 7.26. The molecule has 0 saturated heterocycles. The van der Waals surface area contributed by atoms with Gasteiger partial charge < -0.3 is 14.8 Å². The zero-order valence-corrected chi connectivity index (χ0v) is 24.1. The van der Waals surface area contributed by atoms with Gasteiger partial charge in [-0.15, -0.1) is 0 Å². The molecule has 0 saturated carbocycles. The number of benzene rings is 4. The molecular weight excluding hydrogens is 540 g/mol. The van der Waals surface area contributed by atoms with Gasteiger partial charge in [0.25, 0.3) is 11.8 Å². The second-order valence-corrected chi connectivity index (χ2v) is 11.0. The molecule has 0 bridgehead atoms. The van der Waals surface area contributed by atoms with Crippen LogP contribution in [0.15, 0.2) is 120 Å². The van der Waals surface area contributed by atoms with E-state index in [2.05, 4.69) is 5.32 Å². The summed E-state index contributed by atoms with van der Waals surface area (Å²) in [5, 5.41) is 2.89. The molecule has 0 aromatic heterocycles. The molecule has 0 atom stereocenters. The lowest BCUT2D eigenvalue weighted by molar-refractivity contribution is -0.123. The summed E-state index contributed by atoms with van der Waals surface area (Å²) >= 11 is 0. The van der Waals surface area contributed by atoms with Crippen molar-refractivity contribution in [3.05, 3.63) is 131 Å². The molecule has 1 N–H and O–H groups in total. The van der Waals surface area contributed by atoms with Crippen molar-refractivity contribution >= 4 is 29.3 Å². The average molecular weight is 571 g/mol. The molecule has 6 rings (SSSR count). The predicted octanol–water partition coefficient (Wildman–Crippen LogP) is 6.68. The Hall–Kier alpha value is -5.27. The van der Waals surface area contributed by atoms with Crippen molar-refractivity contribution in [2.45, 2.75) is 19.4 Å². The van der Waals surface area contributed by atoms with Gasteiger partial charge in [0.2, 0.25) is 0 Å². The van der Waals surface area contributed by atoms with Crippen molar-refractivity contribution in [3.8, 4) is 22.3 Å². The number of amides is 3. The van der Waals surface area contributed by atoms with E-state index in [0.717, 1.165) is 27.2 Å². The molecular formula is C36H30N2O5. The third-order valence-corrected chi connectivity index (χ3v) is 7.43. The van der Waals surface area contributed by atoms with Gasteiger partial charge in [-0.1, -0.05) is 109 Å². The maximum absolute atomic E-state index is 14.1. The van der Waals surface area contributed by atoms with E-state index in [9.17, 15) is 14.4 Å². The Balaban J connectivity index is 1.45. The Morgan fingerprint density at radius 3 is 1.65 bits per heavy atom. The van der Waals surface area contributed by atoms with Gasteiger partial charge in [-0.3, -0.25) is 9.59 Å². The summed E-state index contributed by atoms with van der Waals surface area (Å²) in [6.45, 7) is 3.52. The van der Waals surface area contributed by atoms with Crippen LogP contribution in [0.25, 0.3) is 33.6 Å². The fourth-order valence-electron chi connectivity index (χ4n) is 5.48. The van der Waals surface area contributed by atoms with Gasteiger partial charge in [0, 0.05) is 7.11 Å². The summed E-state index contributed by atoms with van der Waals surface area (Å²) < 4.78 is 10.9. The molecule has 0 fully saturated rings. The number of imide groups is 1. The number of hydrogen-bond donors (Lipinski definition) is 1. The molecule has 0 aliphatic carbocycles. The molecule has 0 spiro atoms. The molecule has 4 aromatic carbocycles. The number of nitrogens with one attached hydrogen (secondary N) is 1. The Morgan fingerprint density at radius 2 is 1.14 bits per heavy atom. The quantitative estimate of drug-likeness (QED) is 0.268. The molecule has 3 amide bonds. The van der Waals surface area contributed by atoms with Crippen LogP contribution < -0.4 is 5.32 Å². The van der Waals surface area contributed by atoms with Crippen LogP contribution in [-0.4, -0.2) is 42.1 Å². The number of carbonyl (C=O) groups is 3. The molecule has 2 heterocycles. The normalized spacial score (nSPS) is 14.7. The van der Waals surface area contributed by atoms with Gasteiger partial charge in [0.1, 0.15) is 5.60 Å². The first-order chi connectivity index (χ1) is 20.8. The van der Waals surface area contributed by atoms with Gasteiger partial charge in [0.05, 0.1) is 29.1 Å². The number of methoxy groups -OCH3 is 1. The minimum Gasteiger partial charge on any atom is -0.440 e. The van der Waals surface area contributed by atoms with Crippen LogP contribution in [0.2, 0.25) is 0 Å². The first kappa shape index (κ1) is 27.9. The number of hydrogen-bond acceptors (Lipinski definition) is 5. The molecule has 4 aromatic rings. The van der Waals surface area contributed by atoms with E-state index in [-0.39, 0.29) is 23.5 Å². The van der Waals surface area contributed by atoms with Gasteiger partial charge in [-0.2, -0.15) is 0 Å². The zero-order valence-electron chi connectivity index (χ0n) is 24.1. The van der Waals surface area contributed by atoms with Crippen molar-refractivity contribution in [2.75, 3.05) is 13.7 Å². The third kappa shape index (κ3) is 5.27. The maximum Gasteiger partial charge on any atom is 0.422 e. The average Bonchev–Trinajstić information content (AvgIpc) is 3.52. The van der Waals surface area contributed by atoms with E-state index in [1.807, 2.05) is 97.1 Å². The van der Waals surface area contributed by atoms with E-state index in [1.165, 1.54) is 7.11 Å². The van der Waals surface area contributed by atoms with Crippen molar-refractivity contribution in [1.29, 1.82) is 0 Å². The lowest BCUT2D eigenvalue weighted by Gasteiger charge is -2.28. The monoisotopic (exact) mass is 570 g/mol. The highest BCUT2D eigenvalue weighted by Gasteiger charge is 2.49. The summed E-state index contributed by atoms with van der Waals surface area (Å²) in [7, 11) is 1.51. The van der Waals surface area contributed by atoms with Gasteiger partial charge in [0.15, 0.2) is 0 Å². The SMILES string of the molecule is COCC(C)(C)OC(=O)N1C(=O)C2=C(c3ccc(-c4ccccc4)cc3)NC(=O)C2=C1c1ccc(-c2ccccc2)cc1. The van der Waals surface area contributed by atoms with Gasteiger partial charge in [-0.25, -0.2) is 9.69 Å². The molecule has 2 aliphatic rings. The van der Waals surface area contributed by atoms with Crippen molar-refractivity contribution in [1.82, 2.24) is 10.2 Å². The fraction of sp³-hybridized carbons (Fsp3) is 0.139. The molecule has 0 radical (unpaired) electrons. The summed E-state index contributed by atoms with van der Waals surface area (Å²) in [5.74, 6) is -1.09. The second kappa shape index (κ2) is 11.2. The van der Waals surface area contributed by atoms with E-state index in [0.29, 0.717) is 16.8 Å². The lowest BCUT2D eigenvalue weighted by atomic mass is 9.99. The van der Waals surface area contributed by atoms with E-state index < -0.39 is 23.5 Å². The largest absolute Gasteiger partial charge is 0.440 e. The minimum absolute atomic E-state index is 0.126. The second-order valence-electron chi connectivity index (χ2n) is 11.0. The van der Waals surface area contributed by atoms with Gasteiger partial charge >= 0.3 is 6.09 Å². The molecule has 2 aliphatic heterocycles. The molecule has 7 nitrogen and oxygen atoms in total. The van der Waals surface area contributed by atoms with E-state index >= 15 is 0 Å². The molecule has 0 unspecified atom stereocenters. The Morgan fingerprint density at radius 1 is 0.674 bits per heavy atom. The number of carbonyl (C=O) groups excluding carboxylic acids is 3. The maximum atomic E-state index is 14.1. The van der Waals surface area contributed by atoms with Crippen LogP contribution in [-0.2, 0) is 19.1 Å². The van der Waals surface area contributed by atoms with Crippen LogP contribution in [0.5, 0.6) is 0 Å². The van der Waals surface area contributed by atoms with Gasteiger partial charge in [-0.05, 0) is 47.2 Å².